The van der Waals surface area contributed by atoms with Gasteiger partial charge < -0.3 is 0 Å². The second kappa shape index (κ2) is 25.2. The molecule has 0 aliphatic heterocycles. The maximum absolute atomic E-state index is 12.0. The zero-order valence-electron chi connectivity index (χ0n) is 26.3. The summed E-state index contributed by atoms with van der Waals surface area (Å²) in [5, 5.41) is 0. The van der Waals surface area contributed by atoms with Crippen LogP contribution in [-0.2, 0) is 24.1 Å². The van der Waals surface area contributed by atoms with E-state index in [9.17, 15) is 18.0 Å². The van der Waals surface area contributed by atoms with Crippen molar-refractivity contribution < 1.29 is 18.0 Å². The van der Waals surface area contributed by atoms with Gasteiger partial charge in [-0.2, -0.15) is 13.2 Å². The first-order valence-electron chi connectivity index (χ1n) is 14.7. The number of hydrogen-bond donors (Lipinski definition) is 0. The molecule has 220 valence electrons. The van der Waals surface area contributed by atoms with E-state index in [4.69, 9.17) is 0 Å². The molecule has 2 atom stereocenters. The Morgan fingerprint density at radius 1 is 0.842 bits per heavy atom. The molecule has 0 amide bonds. The zero-order chi connectivity index (χ0) is 30.1. The van der Waals surface area contributed by atoms with Crippen LogP contribution in [0.1, 0.15) is 117 Å². The average molecular weight is 539 g/mol. The lowest BCUT2D eigenvalue weighted by Gasteiger charge is -2.09. The lowest BCUT2D eigenvalue weighted by Crippen LogP contribution is -2.12. The normalized spacial score (nSPS) is 15.3. The van der Waals surface area contributed by atoms with Crippen LogP contribution < -0.4 is 0 Å². The maximum atomic E-state index is 12.0. The lowest BCUT2D eigenvalue weighted by atomic mass is 9.95. The number of carbonyl (C=O) groups is 1. The SMILES string of the molecule is CC.CC.CC(=O)C1CCC[C@@H]1C.CCC.CCc1cccc(CC(F)(F)F)c1.CCc1ccccc1C. The summed E-state index contributed by atoms with van der Waals surface area (Å²) in [6.45, 7) is 22.4. The van der Waals surface area contributed by atoms with E-state index in [1.807, 2.05) is 40.7 Å². The van der Waals surface area contributed by atoms with E-state index in [1.54, 1.807) is 19.1 Å². The first-order valence-corrected chi connectivity index (χ1v) is 14.7. The first kappa shape index (κ1) is 40.4. The van der Waals surface area contributed by atoms with Crippen LogP contribution in [-0.4, -0.2) is 12.0 Å². The molecule has 2 aromatic rings. The van der Waals surface area contributed by atoms with Crippen LogP contribution in [0.5, 0.6) is 0 Å². The molecular formula is C34H57F3O. The highest BCUT2D eigenvalue weighted by molar-refractivity contribution is 5.78. The van der Waals surface area contributed by atoms with Gasteiger partial charge >= 0.3 is 6.18 Å². The van der Waals surface area contributed by atoms with Crippen LogP contribution >= 0.6 is 0 Å². The number of aryl methyl sites for hydroxylation is 3. The number of alkyl halides is 3. The number of Topliss-reactive ketones (excluding diaryl/α,β-unsaturated/α-hetero) is 1. The standard InChI is InChI=1S/C10H11F3.C9H12.C8H14O.C3H8.2C2H6/c1-2-8-4-3-5-9(6-8)7-10(11,12)13;1-3-9-7-5-4-6-8(9)2;1-6-4-3-5-8(6)7(2)9;1-3-2;2*1-2/h3-6H,2,7H2,1H3;4-7H,3H2,1-2H3;6,8H,3-5H2,1-2H3;3H2,1-2H3;2*1-2H3/t;;6-,8?;;;/m..0.../s1. The Morgan fingerprint density at radius 3 is 1.71 bits per heavy atom. The first-order chi connectivity index (χ1) is 18.0. The highest BCUT2D eigenvalue weighted by Gasteiger charge is 2.27. The molecule has 2 aromatic carbocycles. The molecule has 1 unspecified atom stereocenters. The molecule has 1 saturated carbocycles. The third-order valence-electron chi connectivity index (χ3n) is 5.83. The monoisotopic (exact) mass is 538 g/mol. The number of hydrogen-bond acceptors (Lipinski definition) is 1. The van der Waals surface area contributed by atoms with E-state index >= 15 is 0 Å². The fraction of sp³-hybridized carbons (Fsp3) is 0.618. The number of halogens is 3. The third-order valence-corrected chi connectivity index (χ3v) is 5.83. The predicted octanol–water partition coefficient (Wildman–Crippen LogP) is 11.4. The van der Waals surface area contributed by atoms with Crippen LogP contribution in [0.3, 0.4) is 0 Å². The number of ketones is 1. The summed E-state index contributed by atoms with van der Waals surface area (Å²) in [7, 11) is 0. The summed E-state index contributed by atoms with van der Waals surface area (Å²) in [6.07, 6.45) is 1.87. The maximum Gasteiger partial charge on any atom is 0.393 e. The Kier molecular flexibility index (Phi) is 26.8. The van der Waals surface area contributed by atoms with Crippen LogP contribution in [0.4, 0.5) is 13.2 Å². The van der Waals surface area contributed by atoms with Crippen molar-refractivity contribution in [1.29, 1.82) is 0 Å². The Labute approximate surface area is 233 Å². The van der Waals surface area contributed by atoms with Gasteiger partial charge in [-0.05, 0) is 67.7 Å². The quantitative estimate of drug-likeness (QED) is 0.378. The van der Waals surface area contributed by atoms with Gasteiger partial charge in [-0.25, -0.2) is 0 Å². The Hall–Kier alpha value is -2.10. The summed E-state index contributed by atoms with van der Waals surface area (Å²) in [5.74, 6) is 1.44. The predicted molar refractivity (Wildman–Crippen MR) is 162 cm³/mol. The molecule has 0 aromatic heterocycles. The summed E-state index contributed by atoms with van der Waals surface area (Å²) < 4.78 is 35.9. The Bertz CT molecular complexity index is 811. The average Bonchev–Trinajstić information content (AvgIpc) is 3.33. The van der Waals surface area contributed by atoms with Crippen molar-refractivity contribution in [2.45, 2.75) is 127 Å². The summed E-state index contributed by atoms with van der Waals surface area (Å²) in [5.41, 5.74) is 4.14. The topological polar surface area (TPSA) is 17.1 Å². The molecule has 1 fully saturated rings. The fourth-order valence-corrected chi connectivity index (χ4v) is 3.95. The highest BCUT2D eigenvalue weighted by atomic mass is 19.4. The van der Waals surface area contributed by atoms with Gasteiger partial charge in [0.25, 0.3) is 0 Å². The van der Waals surface area contributed by atoms with Gasteiger partial charge in [0, 0.05) is 5.92 Å². The fourth-order valence-electron chi connectivity index (χ4n) is 3.95. The minimum absolute atomic E-state index is 0.340. The van der Waals surface area contributed by atoms with Gasteiger partial charge in [0.2, 0.25) is 0 Å². The lowest BCUT2D eigenvalue weighted by molar-refractivity contribution is -0.127. The molecule has 0 bridgehead atoms. The molecule has 0 spiro atoms. The second-order valence-corrected chi connectivity index (χ2v) is 9.08. The van der Waals surface area contributed by atoms with Crippen molar-refractivity contribution >= 4 is 5.78 Å². The van der Waals surface area contributed by atoms with E-state index < -0.39 is 12.6 Å². The van der Waals surface area contributed by atoms with Gasteiger partial charge in [-0.3, -0.25) is 4.79 Å². The number of benzene rings is 2. The molecule has 1 aliphatic carbocycles. The van der Waals surface area contributed by atoms with Crippen LogP contribution in [0.15, 0.2) is 48.5 Å². The molecule has 0 saturated heterocycles. The third kappa shape index (κ3) is 20.9. The van der Waals surface area contributed by atoms with Crippen molar-refractivity contribution in [3.63, 3.8) is 0 Å². The molecular weight excluding hydrogens is 481 g/mol. The van der Waals surface area contributed by atoms with E-state index in [2.05, 4.69) is 58.9 Å². The van der Waals surface area contributed by atoms with E-state index in [-0.39, 0.29) is 0 Å². The van der Waals surface area contributed by atoms with Crippen molar-refractivity contribution in [3.05, 3.63) is 70.8 Å². The van der Waals surface area contributed by atoms with Crippen molar-refractivity contribution in [3.8, 4) is 0 Å². The van der Waals surface area contributed by atoms with Crippen LogP contribution in [0, 0.1) is 18.8 Å². The summed E-state index contributed by atoms with van der Waals surface area (Å²) in [4.78, 5) is 10.9. The van der Waals surface area contributed by atoms with Gasteiger partial charge in [0.1, 0.15) is 5.78 Å². The highest BCUT2D eigenvalue weighted by Crippen LogP contribution is 2.31. The largest absolute Gasteiger partial charge is 0.393 e. The smallest absolute Gasteiger partial charge is 0.300 e. The Balaban J connectivity index is -0.000000439. The second-order valence-electron chi connectivity index (χ2n) is 9.08. The number of rotatable bonds is 4. The van der Waals surface area contributed by atoms with Gasteiger partial charge in [-0.15, -0.1) is 0 Å². The van der Waals surface area contributed by atoms with E-state index in [1.165, 1.54) is 36.5 Å². The van der Waals surface area contributed by atoms with Gasteiger partial charge in [0.05, 0.1) is 6.42 Å². The van der Waals surface area contributed by atoms with E-state index in [0.717, 1.165) is 24.8 Å². The number of carbonyl (C=O) groups excluding carboxylic acids is 1. The molecule has 0 radical (unpaired) electrons. The summed E-state index contributed by atoms with van der Waals surface area (Å²) >= 11 is 0. The van der Waals surface area contributed by atoms with Crippen LogP contribution in [0.2, 0.25) is 0 Å². The van der Waals surface area contributed by atoms with Gasteiger partial charge in [0.15, 0.2) is 0 Å². The molecule has 1 aliphatic rings. The molecule has 0 N–H and O–H groups in total. The van der Waals surface area contributed by atoms with Gasteiger partial charge in [-0.1, -0.05) is 124 Å². The molecule has 0 heterocycles. The van der Waals surface area contributed by atoms with Crippen molar-refractivity contribution in [2.75, 3.05) is 0 Å². The Morgan fingerprint density at radius 2 is 1.37 bits per heavy atom. The minimum atomic E-state index is -4.10. The molecule has 38 heavy (non-hydrogen) atoms. The van der Waals surface area contributed by atoms with Crippen molar-refractivity contribution in [1.82, 2.24) is 0 Å². The van der Waals surface area contributed by atoms with E-state index in [0.29, 0.717) is 23.2 Å². The molecule has 4 heteroatoms. The molecule has 3 rings (SSSR count). The molecule has 1 nitrogen and oxygen atoms in total. The van der Waals surface area contributed by atoms with Crippen LogP contribution in [0.25, 0.3) is 0 Å². The van der Waals surface area contributed by atoms with Crippen molar-refractivity contribution in [2.24, 2.45) is 11.8 Å². The zero-order valence-corrected chi connectivity index (χ0v) is 26.3. The minimum Gasteiger partial charge on any atom is -0.300 e. The summed E-state index contributed by atoms with van der Waals surface area (Å²) in [6, 6.07) is 15.1.